The fraction of sp³-hybridized carbons (Fsp3) is 0.0250. The fourth-order valence-electron chi connectivity index (χ4n) is 5.53. The second kappa shape index (κ2) is 11.1. The van der Waals surface area contributed by atoms with Gasteiger partial charge in [0.1, 0.15) is 17.0 Å². The molecule has 2 aromatic heterocycles. The SMILES string of the molecule is [2H]c1c([2H])c([2H])c(-c2ccc3oc4cccc(-c5nc(Cc6ccccc6)nc(-c6ccc(-c7ccccc7)cc6)n5)c4c3c2)c([2H])c1[2H]. The second-order valence-electron chi connectivity index (χ2n) is 10.5. The van der Waals surface area contributed by atoms with Crippen molar-refractivity contribution in [3.05, 3.63) is 163 Å². The molecule has 8 rings (SSSR count). The minimum atomic E-state index is -0.428. The average molecular weight is 571 g/mol. The molecule has 208 valence electrons. The number of benzene rings is 6. The molecule has 0 fully saturated rings. The van der Waals surface area contributed by atoms with Gasteiger partial charge in [-0.1, -0.05) is 133 Å². The average Bonchev–Trinajstić information content (AvgIpc) is 3.52. The van der Waals surface area contributed by atoms with Gasteiger partial charge in [0, 0.05) is 28.3 Å². The van der Waals surface area contributed by atoms with Crippen LogP contribution >= 0.6 is 0 Å². The highest BCUT2D eigenvalue weighted by Crippen LogP contribution is 2.38. The van der Waals surface area contributed by atoms with Crippen molar-refractivity contribution >= 4 is 21.9 Å². The monoisotopic (exact) mass is 570 g/mol. The van der Waals surface area contributed by atoms with E-state index in [1.165, 1.54) is 0 Å². The third-order valence-corrected chi connectivity index (χ3v) is 7.66. The maximum absolute atomic E-state index is 8.54. The normalized spacial score (nSPS) is 12.9. The first-order valence-electron chi connectivity index (χ1n) is 16.8. The number of hydrogen-bond donors (Lipinski definition) is 0. The van der Waals surface area contributed by atoms with Crippen molar-refractivity contribution in [3.8, 4) is 45.0 Å². The van der Waals surface area contributed by atoms with Crippen molar-refractivity contribution in [2.75, 3.05) is 0 Å². The van der Waals surface area contributed by atoms with Crippen molar-refractivity contribution in [2.45, 2.75) is 6.42 Å². The number of fused-ring (bicyclic) bond motifs is 3. The topological polar surface area (TPSA) is 51.8 Å². The van der Waals surface area contributed by atoms with E-state index in [0.29, 0.717) is 46.0 Å². The lowest BCUT2D eigenvalue weighted by molar-refractivity contribution is 0.669. The minimum Gasteiger partial charge on any atom is -0.456 e. The Bertz CT molecular complexity index is 2490. The van der Waals surface area contributed by atoms with E-state index in [9.17, 15) is 0 Å². The zero-order valence-corrected chi connectivity index (χ0v) is 23.5. The Morgan fingerprint density at radius 3 is 2.00 bits per heavy atom. The highest BCUT2D eigenvalue weighted by Gasteiger charge is 2.18. The Labute approximate surface area is 262 Å². The summed E-state index contributed by atoms with van der Waals surface area (Å²) < 4.78 is 47.8. The van der Waals surface area contributed by atoms with E-state index in [1.807, 2.05) is 84.9 Å². The molecular weight excluding hydrogens is 538 g/mol. The van der Waals surface area contributed by atoms with Crippen LogP contribution in [0.4, 0.5) is 0 Å². The third kappa shape index (κ3) is 4.93. The van der Waals surface area contributed by atoms with Gasteiger partial charge < -0.3 is 4.42 Å². The smallest absolute Gasteiger partial charge is 0.164 e. The Kier molecular flexibility index (Phi) is 5.27. The predicted molar refractivity (Wildman–Crippen MR) is 178 cm³/mol. The first-order valence-corrected chi connectivity index (χ1v) is 14.3. The van der Waals surface area contributed by atoms with Crippen LogP contribution in [-0.2, 0) is 6.42 Å². The Balaban J connectivity index is 1.31. The molecule has 0 amide bonds. The molecule has 6 aromatic carbocycles. The van der Waals surface area contributed by atoms with E-state index in [-0.39, 0.29) is 29.7 Å². The zero-order valence-electron chi connectivity index (χ0n) is 28.5. The number of furan rings is 1. The van der Waals surface area contributed by atoms with Gasteiger partial charge >= 0.3 is 0 Å². The summed E-state index contributed by atoms with van der Waals surface area (Å²) in [4.78, 5) is 14.9. The molecule has 0 aliphatic carbocycles. The van der Waals surface area contributed by atoms with Crippen molar-refractivity contribution in [3.63, 3.8) is 0 Å². The molecule has 0 saturated carbocycles. The van der Waals surface area contributed by atoms with Gasteiger partial charge in [-0.3, -0.25) is 0 Å². The molecule has 0 N–H and O–H groups in total. The largest absolute Gasteiger partial charge is 0.456 e. The number of rotatable bonds is 6. The first kappa shape index (κ1) is 20.9. The number of aromatic nitrogens is 3. The van der Waals surface area contributed by atoms with Crippen LogP contribution in [0.15, 0.2) is 156 Å². The van der Waals surface area contributed by atoms with E-state index in [2.05, 4.69) is 24.3 Å². The van der Waals surface area contributed by atoms with Gasteiger partial charge in [-0.05, 0) is 46.0 Å². The quantitative estimate of drug-likeness (QED) is 0.200. The maximum Gasteiger partial charge on any atom is 0.164 e. The molecule has 0 bridgehead atoms. The third-order valence-electron chi connectivity index (χ3n) is 7.66. The molecule has 2 heterocycles. The Hall–Kier alpha value is -5.87. The lowest BCUT2D eigenvalue weighted by Crippen LogP contribution is -2.04. The van der Waals surface area contributed by atoms with Crippen LogP contribution in [0.5, 0.6) is 0 Å². The second-order valence-corrected chi connectivity index (χ2v) is 10.5. The van der Waals surface area contributed by atoms with E-state index in [0.717, 1.165) is 33.2 Å². The zero-order chi connectivity index (χ0) is 33.6. The number of hydrogen-bond acceptors (Lipinski definition) is 4. The van der Waals surface area contributed by atoms with Crippen LogP contribution < -0.4 is 0 Å². The van der Waals surface area contributed by atoms with Crippen LogP contribution in [0.25, 0.3) is 67.0 Å². The number of nitrogens with zero attached hydrogens (tertiary/aromatic N) is 3. The molecule has 0 unspecified atom stereocenters. The van der Waals surface area contributed by atoms with Gasteiger partial charge in [-0.25, -0.2) is 15.0 Å². The highest BCUT2D eigenvalue weighted by atomic mass is 16.3. The van der Waals surface area contributed by atoms with E-state index in [1.54, 1.807) is 12.1 Å². The summed E-state index contributed by atoms with van der Waals surface area (Å²) in [6.45, 7) is 0. The van der Waals surface area contributed by atoms with Crippen molar-refractivity contribution < 1.29 is 11.3 Å². The molecule has 0 aliphatic heterocycles. The van der Waals surface area contributed by atoms with E-state index < -0.39 is 6.04 Å². The lowest BCUT2D eigenvalue weighted by atomic mass is 10.0. The molecule has 44 heavy (non-hydrogen) atoms. The maximum atomic E-state index is 8.54. The summed E-state index contributed by atoms with van der Waals surface area (Å²) in [6, 6.07) is 37.7. The summed E-state index contributed by atoms with van der Waals surface area (Å²) in [5.74, 6) is 1.63. The summed E-state index contributed by atoms with van der Waals surface area (Å²) in [5.41, 5.74) is 6.69. The molecule has 0 spiro atoms. The van der Waals surface area contributed by atoms with E-state index >= 15 is 0 Å². The highest BCUT2D eigenvalue weighted by molar-refractivity contribution is 6.12. The minimum absolute atomic E-state index is 0.131. The summed E-state index contributed by atoms with van der Waals surface area (Å²) in [6.07, 6.45) is 0.507. The van der Waals surface area contributed by atoms with Crippen LogP contribution in [0.3, 0.4) is 0 Å². The molecule has 4 heteroatoms. The van der Waals surface area contributed by atoms with Gasteiger partial charge in [0.2, 0.25) is 0 Å². The van der Waals surface area contributed by atoms with Crippen molar-refractivity contribution in [2.24, 2.45) is 0 Å². The molecule has 0 atom stereocenters. The van der Waals surface area contributed by atoms with Crippen LogP contribution in [0.2, 0.25) is 0 Å². The Morgan fingerprint density at radius 2 is 1.20 bits per heavy atom. The fourth-order valence-corrected chi connectivity index (χ4v) is 5.53. The van der Waals surface area contributed by atoms with Crippen LogP contribution in [-0.4, -0.2) is 15.0 Å². The van der Waals surface area contributed by atoms with Gasteiger partial charge in [0.25, 0.3) is 0 Å². The van der Waals surface area contributed by atoms with Crippen LogP contribution in [0.1, 0.15) is 18.2 Å². The Morgan fingerprint density at radius 1 is 0.523 bits per heavy atom. The summed E-state index contributed by atoms with van der Waals surface area (Å²) in [7, 11) is 0. The summed E-state index contributed by atoms with van der Waals surface area (Å²) >= 11 is 0. The standard InChI is InChI=1S/C40H27N3O/c1-4-11-27(12-5-1)25-37-41-39(31-21-19-30(20-22-31)28-13-6-2-7-14-28)43-40(42-37)33-17-10-18-36-38(33)34-26-32(23-24-35(34)44-36)29-15-8-3-9-16-29/h1-24,26H,25H2/i3D,8D,9D,15D,16D. The van der Waals surface area contributed by atoms with E-state index in [4.69, 9.17) is 26.2 Å². The molecule has 0 aliphatic rings. The van der Waals surface area contributed by atoms with Crippen LogP contribution in [0, 0.1) is 0 Å². The van der Waals surface area contributed by atoms with Gasteiger partial charge in [-0.2, -0.15) is 0 Å². The predicted octanol–water partition coefficient (Wildman–Crippen LogP) is 10.0. The molecular formula is C40H27N3O. The van der Waals surface area contributed by atoms with Crippen molar-refractivity contribution in [1.29, 1.82) is 0 Å². The van der Waals surface area contributed by atoms with Crippen molar-refractivity contribution in [1.82, 2.24) is 15.0 Å². The van der Waals surface area contributed by atoms with Gasteiger partial charge in [0.05, 0.1) is 6.85 Å². The first-order chi connectivity index (χ1) is 23.9. The molecule has 0 radical (unpaired) electrons. The van der Waals surface area contributed by atoms with Gasteiger partial charge in [-0.15, -0.1) is 0 Å². The molecule has 0 saturated heterocycles. The summed E-state index contributed by atoms with van der Waals surface area (Å²) in [5, 5.41) is 1.47. The van der Waals surface area contributed by atoms with Gasteiger partial charge in [0.15, 0.2) is 11.6 Å². The molecule has 8 aromatic rings. The molecule has 4 nitrogen and oxygen atoms in total. The lowest BCUT2D eigenvalue weighted by Gasteiger charge is -2.10.